The zero-order valence-electron chi connectivity index (χ0n) is 12.0. The second-order valence-electron chi connectivity index (χ2n) is 5.85. The number of aromatic hydroxyl groups is 1. The van der Waals surface area contributed by atoms with Crippen molar-refractivity contribution in [1.29, 1.82) is 0 Å². The van der Waals surface area contributed by atoms with Gasteiger partial charge in [-0.1, -0.05) is 27.7 Å². The van der Waals surface area contributed by atoms with Gasteiger partial charge in [-0.05, 0) is 39.0 Å². The van der Waals surface area contributed by atoms with Gasteiger partial charge in [0.15, 0.2) is 0 Å². The minimum absolute atomic E-state index is 0.0422. The molecule has 0 aromatic heterocycles. The molecule has 1 aromatic rings. The van der Waals surface area contributed by atoms with E-state index in [1.165, 1.54) is 0 Å². The van der Waals surface area contributed by atoms with Crippen molar-refractivity contribution in [3.8, 4) is 5.75 Å². The fraction of sp³-hybridized carbons (Fsp3) is 0.533. The van der Waals surface area contributed by atoms with Crippen molar-refractivity contribution >= 4 is 21.7 Å². The maximum atomic E-state index is 11.5. The Balaban J connectivity index is 3.19. The summed E-state index contributed by atoms with van der Waals surface area (Å²) < 4.78 is 0.620. The van der Waals surface area contributed by atoms with Gasteiger partial charge in [0.1, 0.15) is 11.5 Å². The molecule has 1 rings (SSSR count). The van der Waals surface area contributed by atoms with Crippen molar-refractivity contribution in [3.05, 3.63) is 27.7 Å². The molecule has 3 nitrogen and oxygen atoms in total. The zero-order chi connectivity index (χ0) is 14.8. The first kappa shape index (κ1) is 16.2. The fourth-order valence-corrected chi connectivity index (χ4v) is 2.31. The van der Waals surface area contributed by atoms with Gasteiger partial charge >= 0.3 is 0 Å². The Bertz CT molecular complexity index is 478. The molecule has 19 heavy (non-hydrogen) atoms. The van der Waals surface area contributed by atoms with Crippen LogP contribution in [-0.4, -0.2) is 10.9 Å². The lowest BCUT2D eigenvalue weighted by molar-refractivity contribution is -0.119. The third-order valence-electron chi connectivity index (χ3n) is 3.20. The second kappa shape index (κ2) is 6.06. The first-order valence-corrected chi connectivity index (χ1v) is 7.26. The Morgan fingerprint density at radius 2 is 2.00 bits per heavy atom. The van der Waals surface area contributed by atoms with E-state index in [-0.39, 0.29) is 23.4 Å². The zero-order valence-corrected chi connectivity index (χ0v) is 13.5. The Hall–Kier alpha value is -0.870. The van der Waals surface area contributed by atoms with Crippen molar-refractivity contribution in [2.24, 2.45) is 5.73 Å². The van der Waals surface area contributed by atoms with Gasteiger partial charge in [-0.15, -0.1) is 0 Å². The van der Waals surface area contributed by atoms with Gasteiger partial charge in [0.05, 0.1) is 4.47 Å². The summed E-state index contributed by atoms with van der Waals surface area (Å²) >= 11 is 3.35. The number of benzene rings is 1. The van der Waals surface area contributed by atoms with Gasteiger partial charge in [-0.2, -0.15) is 0 Å². The molecule has 1 unspecified atom stereocenters. The summed E-state index contributed by atoms with van der Waals surface area (Å²) in [4.78, 5) is 11.5. The lowest BCUT2D eigenvalue weighted by Gasteiger charge is -2.23. The van der Waals surface area contributed by atoms with Crippen molar-refractivity contribution < 1.29 is 9.90 Å². The van der Waals surface area contributed by atoms with Crippen molar-refractivity contribution in [3.63, 3.8) is 0 Å². The van der Waals surface area contributed by atoms with Crippen LogP contribution < -0.4 is 5.73 Å². The summed E-state index contributed by atoms with van der Waals surface area (Å²) in [7, 11) is 0. The summed E-state index contributed by atoms with van der Waals surface area (Å²) in [5.41, 5.74) is 7.71. The maximum Gasteiger partial charge on any atom is 0.134 e. The normalized spacial score (nSPS) is 13.4. The number of rotatable bonds is 4. The van der Waals surface area contributed by atoms with E-state index in [9.17, 15) is 9.90 Å². The van der Waals surface area contributed by atoms with Crippen LogP contribution >= 0.6 is 15.9 Å². The van der Waals surface area contributed by atoms with E-state index in [4.69, 9.17) is 5.73 Å². The Kier molecular flexibility index (Phi) is 5.16. The molecule has 3 N–H and O–H groups in total. The lowest BCUT2D eigenvalue weighted by atomic mass is 9.85. The van der Waals surface area contributed by atoms with E-state index < -0.39 is 6.04 Å². The molecule has 0 heterocycles. The molecular formula is C15H22BrNO2. The standard InChI is InChI=1S/C15H22BrNO2/c1-5-10(18)8-13(17)11-6-9(15(2,3)4)7-12(16)14(11)19/h6-7,13,19H,5,8,17H2,1-4H3. The molecular weight excluding hydrogens is 306 g/mol. The molecule has 1 aromatic carbocycles. The number of ketones is 1. The molecule has 0 amide bonds. The van der Waals surface area contributed by atoms with Crippen LogP contribution in [0.25, 0.3) is 0 Å². The molecule has 0 aliphatic rings. The number of halogens is 1. The summed E-state index contributed by atoms with van der Waals surface area (Å²) in [6.07, 6.45) is 0.721. The number of nitrogens with two attached hydrogens (primary N) is 1. The molecule has 0 bridgehead atoms. The van der Waals surface area contributed by atoms with Crippen LogP contribution in [0.4, 0.5) is 0 Å². The van der Waals surface area contributed by atoms with E-state index in [1.54, 1.807) is 0 Å². The third-order valence-corrected chi connectivity index (χ3v) is 3.80. The van der Waals surface area contributed by atoms with E-state index in [1.807, 2.05) is 19.1 Å². The first-order chi connectivity index (χ1) is 8.66. The summed E-state index contributed by atoms with van der Waals surface area (Å²) in [6.45, 7) is 8.10. The van der Waals surface area contributed by atoms with Gasteiger partial charge in [0, 0.05) is 24.4 Å². The van der Waals surface area contributed by atoms with E-state index in [0.717, 1.165) is 5.56 Å². The SMILES string of the molecule is CCC(=O)CC(N)c1cc(C(C)(C)C)cc(Br)c1O. The lowest BCUT2D eigenvalue weighted by Crippen LogP contribution is -2.17. The molecule has 106 valence electrons. The summed E-state index contributed by atoms with van der Waals surface area (Å²) in [6, 6.07) is 3.33. The Labute approximate surface area is 123 Å². The minimum atomic E-state index is -0.467. The van der Waals surface area contributed by atoms with E-state index >= 15 is 0 Å². The summed E-state index contributed by atoms with van der Waals surface area (Å²) in [5.74, 6) is 0.230. The van der Waals surface area contributed by atoms with Crippen molar-refractivity contribution in [1.82, 2.24) is 0 Å². The number of Topliss-reactive ketones (excluding diaryl/α,β-unsaturated/α-hetero) is 1. The van der Waals surface area contributed by atoms with Crippen LogP contribution in [0.1, 0.15) is 57.7 Å². The monoisotopic (exact) mass is 327 g/mol. The van der Waals surface area contributed by atoms with Gasteiger partial charge in [0.2, 0.25) is 0 Å². The highest BCUT2D eigenvalue weighted by Gasteiger charge is 2.21. The quantitative estimate of drug-likeness (QED) is 0.883. The highest BCUT2D eigenvalue weighted by Crippen LogP contribution is 2.37. The largest absolute Gasteiger partial charge is 0.506 e. The molecule has 0 saturated carbocycles. The van der Waals surface area contributed by atoms with Crippen LogP contribution in [0.2, 0.25) is 0 Å². The van der Waals surface area contributed by atoms with Gasteiger partial charge in [0.25, 0.3) is 0 Å². The average Bonchev–Trinajstić information content (AvgIpc) is 2.30. The number of phenolic OH excluding ortho intramolecular Hbond substituents is 1. The minimum Gasteiger partial charge on any atom is -0.506 e. The molecule has 0 spiro atoms. The Morgan fingerprint density at radius 1 is 1.42 bits per heavy atom. The third kappa shape index (κ3) is 4.05. The molecule has 0 fully saturated rings. The molecule has 0 aliphatic heterocycles. The molecule has 0 aliphatic carbocycles. The molecule has 0 saturated heterocycles. The predicted molar refractivity (Wildman–Crippen MR) is 81.4 cm³/mol. The smallest absolute Gasteiger partial charge is 0.134 e. The topological polar surface area (TPSA) is 63.3 Å². The van der Waals surface area contributed by atoms with Crippen LogP contribution in [-0.2, 0) is 10.2 Å². The molecule has 4 heteroatoms. The van der Waals surface area contributed by atoms with Crippen molar-refractivity contribution in [2.45, 2.75) is 52.0 Å². The van der Waals surface area contributed by atoms with Crippen LogP contribution in [0.3, 0.4) is 0 Å². The Morgan fingerprint density at radius 3 is 2.47 bits per heavy atom. The number of carbonyl (C=O) groups excluding carboxylic acids is 1. The summed E-state index contributed by atoms with van der Waals surface area (Å²) in [5, 5.41) is 10.1. The fourth-order valence-electron chi connectivity index (χ4n) is 1.84. The number of phenols is 1. The highest BCUT2D eigenvalue weighted by molar-refractivity contribution is 9.10. The molecule has 0 radical (unpaired) electrons. The van der Waals surface area contributed by atoms with Crippen molar-refractivity contribution in [2.75, 3.05) is 0 Å². The number of hydrogen-bond acceptors (Lipinski definition) is 3. The number of carbonyl (C=O) groups is 1. The average molecular weight is 328 g/mol. The second-order valence-corrected chi connectivity index (χ2v) is 6.70. The maximum absolute atomic E-state index is 11.5. The van der Waals surface area contributed by atoms with Gasteiger partial charge < -0.3 is 10.8 Å². The predicted octanol–water partition coefficient (Wildman–Crippen LogP) is 3.82. The molecule has 1 atom stereocenters. The van der Waals surface area contributed by atoms with Crippen LogP contribution in [0.5, 0.6) is 5.75 Å². The van der Waals surface area contributed by atoms with E-state index in [0.29, 0.717) is 16.5 Å². The van der Waals surface area contributed by atoms with Crippen LogP contribution in [0.15, 0.2) is 16.6 Å². The van der Waals surface area contributed by atoms with Crippen LogP contribution in [0, 0.1) is 0 Å². The van der Waals surface area contributed by atoms with Gasteiger partial charge in [-0.25, -0.2) is 0 Å². The van der Waals surface area contributed by atoms with E-state index in [2.05, 4.69) is 36.7 Å². The highest BCUT2D eigenvalue weighted by atomic mass is 79.9. The first-order valence-electron chi connectivity index (χ1n) is 6.47. The van der Waals surface area contributed by atoms with Gasteiger partial charge in [-0.3, -0.25) is 4.79 Å². The number of hydrogen-bond donors (Lipinski definition) is 2.